The molecule has 0 fully saturated rings. The van der Waals surface area contributed by atoms with Crippen LogP contribution in [0, 0.1) is 13.8 Å². The SMILES string of the molecule is Cc1noc(C)c1COc1ccccc1C(=O)Nc1cccc(S(=O)(=O)NCc2ccco2)c1. The molecule has 0 radical (unpaired) electrons. The van der Waals surface area contributed by atoms with Gasteiger partial charge in [-0.25, -0.2) is 13.1 Å². The molecule has 10 heteroatoms. The number of nitrogens with one attached hydrogen (secondary N) is 2. The first-order valence-corrected chi connectivity index (χ1v) is 11.9. The van der Waals surface area contributed by atoms with E-state index < -0.39 is 15.9 Å². The molecule has 2 N–H and O–H groups in total. The van der Waals surface area contributed by atoms with Crippen molar-refractivity contribution in [2.24, 2.45) is 0 Å². The normalized spacial score (nSPS) is 11.4. The number of anilines is 1. The van der Waals surface area contributed by atoms with Gasteiger partial charge in [-0.1, -0.05) is 23.4 Å². The van der Waals surface area contributed by atoms with E-state index in [0.717, 1.165) is 11.3 Å². The predicted octanol–water partition coefficient (Wildman–Crippen LogP) is 4.19. The molecule has 0 saturated carbocycles. The summed E-state index contributed by atoms with van der Waals surface area (Å²) in [5.74, 6) is 1.08. The second kappa shape index (κ2) is 9.94. The number of carbonyl (C=O) groups is 1. The molecule has 0 saturated heterocycles. The lowest BCUT2D eigenvalue weighted by molar-refractivity contribution is 0.102. The monoisotopic (exact) mass is 481 g/mol. The van der Waals surface area contributed by atoms with E-state index in [1.54, 1.807) is 55.5 Å². The van der Waals surface area contributed by atoms with Crippen molar-refractivity contribution in [3.05, 3.63) is 95.3 Å². The summed E-state index contributed by atoms with van der Waals surface area (Å²) in [6, 6.07) is 16.1. The smallest absolute Gasteiger partial charge is 0.259 e. The lowest BCUT2D eigenvalue weighted by Crippen LogP contribution is -2.23. The van der Waals surface area contributed by atoms with Gasteiger partial charge in [0.2, 0.25) is 10.0 Å². The molecule has 0 unspecified atom stereocenters. The Bertz CT molecular complexity index is 1370. The first kappa shape index (κ1) is 23.3. The first-order valence-electron chi connectivity index (χ1n) is 10.4. The molecule has 0 atom stereocenters. The molecule has 34 heavy (non-hydrogen) atoms. The number of benzene rings is 2. The van der Waals surface area contributed by atoms with Gasteiger partial charge in [0.25, 0.3) is 5.91 Å². The van der Waals surface area contributed by atoms with E-state index in [4.69, 9.17) is 13.7 Å². The summed E-state index contributed by atoms with van der Waals surface area (Å²) in [5, 5.41) is 6.64. The second-order valence-electron chi connectivity index (χ2n) is 7.47. The third-order valence-electron chi connectivity index (χ3n) is 5.10. The fourth-order valence-electron chi connectivity index (χ4n) is 3.24. The number of furan rings is 1. The van der Waals surface area contributed by atoms with Crippen LogP contribution in [-0.4, -0.2) is 19.5 Å². The number of amides is 1. The molecule has 0 aliphatic heterocycles. The first-order chi connectivity index (χ1) is 16.3. The number of carbonyl (C=O) groups excluding carboxylic acids is 1. The Morgan fingerprint density at radius 3 is 2.62 bits per heavy atom. The van der Waals surface area contributed by atoms with Crippen LogP contribution >= 0.6 is 0 Å². The molecule has 2 heterocycles. The molecule has 176 valence electrons. The molecule has 0 bridgehead atoms. The van der Waals surface area contributed by atoms with Gasteiger partial charge in [0.1, 0.15) is 23.9 Å². The summed E-state index contributed by atoms with van der Waals surface area (Å²) < 4.78 is 43.9. The van der Waals surface area contributed by atoms with Crippen LogP contribution in [0.4, 0.5) is 5.69 Å². The van der Waals surface area contributed by atoms with Gasteiger partial charge in [0.05, 0.1) is 34.5 Å². The fourth-order valence-corrected chi connectivity index (χ4v) is 4.28. The summed E-state index contributed by atoms with van der Waals surface area (Å²) in [6.07, 6.45) is 1.47. The van der Waals surface area contributed by atoms with Gasteiger partial charge in [-0.3, -0.25) is 4.79 Å². The number of aryl methyl sites for hydroxylation is 2. The lowest BCUT2D eigenvalue weighted by Gasteiger charge is -2.12. The molecular weight excluding hydrogens is 458 g/mol. The molecule has 0 aliphatic carbocycles. The van der Waals surface area contributed by atoms with Crippen molar-refractivity contribution in [3.63, 3.8) is 0 Å². The Hall–Kier alpha value is -3.89. The van der Waals surface area contributed by atoms with Crippen LogP contribution in [-0.2, 0) is 23.2 Å². The number of hydrogen-bond acceptors (Lipinski definition) is 7. The van der Waals surface area contributed by atoms with Crippen LogP contribution in [0.3, 0.4) is 0 Å². The quantitative estimate of drug-likeness (QED) is 0.367. The zero-order valence-electron chi connectivity index (χ0n) is 18.6. The number of ether oxygens (including phenoxy) is 1. The molecule has 1 amide bonds. The van der Waals surface area contributed by atoms with Gasteiger partial charge in [-0.2, -0.15) is 0 Å². The molecule has 2 aromatic heterocycles. The minimum Gasteiger partial charge on any atom is -0.488 e. The minimum atomic E-state index is -3.81. The number of aromatic nitrogens is 1. The summed E-state index contributed by atoms with van der Waals surface area (Å²) in [7, 11) is -3.81. The maximum Gasteiger partial charge on any atom is 0.259 e. The van der Waals surface area contributed by atoms with E-state index in [0.29, 0.717) is 28.5 Å². The van der Waals surface area contributed by atoms with Crippen LogP contribution in [0.15, 0.2) is 80.8 Å². The maximum atomic E-state index is 13.0. The highest BCUT2D eigenvalue weighted by molar-refractivity contribution is 7.89. The third-order valence-corrected chi connectivity index (χ3v) is 6.50. The number of rotatable bonds is 9. The van der Waals surface area contributed by atoms with Crippen LogP contribution in [0.1, 0.15) is 33.1 Å². The molecule has 2 aromatic carbocycles. The summed E-state index contributed by atoms with van der Waals surface area (Å²) >= 11 is 0. The molecule has 4 aromatic rings. The molecule has 0 aliphatic rings. The highest BCUT2D eigenvalue weighted by Crippen LogP contribution is 2.23. The molecular formula is C24H23N3O6S. The average Bonchev–Trinajstić information content (AvgIpc) is 3.46. The van der Waals surface area contributed by atoms with Crippen LogP contribution in [0.5, 0.6) is 5.75 Å². The molecule has 0 spiro atoms. The van der Waals surface area contributed by atoms with Crippen LogP contribution < -0.4 is 14.8 Å². The Balaban J connectivity index is 1.47. The zero-order chi connectivity index (χ0) is 24.1. The van der Waals surface area contributed by atoms with Crippen molar-refractivity contribution >= 4 is 21.6 Å². The van der Waals surface area contributed by atoms with Crippen molar-refractivity contribution in [3.8, 4) is 5.75 Å². The van der Waals surface area contributed by atoms with Crippen molar-refractivity contribution in [2.45, 2.75) is 31.9 Å². The van der Waals surface area contributed by atoms with Crippen molar-refractivity contribution in [1.82, 2.24) is 9.88 Å². The van der Waals surface area contributed by atoms with Gasteiger partial charge < -0.3 is 19.0 Å². The Kier molecular flexibility index (Phi) is 6.80. The Morgan fingerprint density at radius 2 is 1.88 bits per heavy atom. The zero-order valence-corrected chi connectivity index (χ0v) is 19.4. The third kappa shape index (κ3) is 5.36. The largest absolute Gasteiger partial charge is 0.488 e. The van der Waals surface area contributed by atoms with Gasteiger partial charge in [0.15, 0.2) is 0 Å². The Morgan fingerprint density at radius 1 is 1.06 bits per heavy atom. The fraction of sp³-hybridized carbons (Fsp3) is 0.167. The highest BCUT2D eigenvalue weighted by Gasteiger charge is 2.18. The Labute approximate surface area is 196 Å². The standard InChI is InChI=1S/C24H23N3O6S/c1-16-22(17(2)33-27-16)15-32-23-11-4-3-10-21(23)24(28)26-18-7-5-9-20(13-18)34(29,30)25-14-19-8-6-12-31-19/h3-13,25H,14-15H2,1-2H3,(H,26,28). The number of sulfonamides is 1. The van der Waals surface area contributed by atoms with Crippen LogP contribution in [0.25, 0.3) is 0 Å². The van der Waals surface area contributed by atoms with Crippen LogP contribution in [0.2, 0.25) is 0 Å². The average molecular weight is 482 g/mol. The summed E-state index contributed by atoms with van der Waals surface area (Å²) in [4.78, 5) is 13.0. The lowest BCUT2D eigenvalue weighted by atomic mass is 10.1. The summed E-state index contributed by atoms with van der Waals surface area (Å²) in [6.45, 7) is 3.82. The van der Waals surface area contributed by atoms with E-state index in [1.807, 2.05) is 6.92 Å². The van der Waals surface area contributed by atoms with Gasteiger partial charge >= 0.3 is 0 Å². The number of hydrogen-bond donors (Lipinski definition) is 2. The van der Waals surface area contributed by atoms with Gasteiger partial charge in [0, 0.05) is 5.69 Å². The van der Waals surface area contributed by atoms with Gasteiger partial charge in [-0.15, -0.1) is 0 Å². The highest BCUT2D eigenvalue weighted by atomic mass is 32.2. The predicted molar refractivity (Wildman–Crippen MR) is 124 cm³/mol. The van der Waals surface area contributed by atoms with E-state index in [2.05, 4.69) is 15.2 Å². The minimum absolute atomic E-state index is 0.0137. The van der Waals surface area contributed by atoms with Crippen molar-refractivity contribution in [2.75, 3.05) is 5.32 Å². The van der Waals surface area contributed by atoms with Crippen molar-refractivity contribution in [1.29, 1.82) is 0 Å². The molecule has 9 nitrogen and oxygen atoms in total. The van der Waals surface area contributed by atoms with Crippen molar-refractivity contribution < 1.29 is 26.9 Å². The van der Waals surface area contributed by atoms with Gasteiger partial charge in [-0.05, 0) is 56.3 Å². The second-order valence-corrected chi connectivity index (χ2v) is 9.24. The summed E-state index contributed by atoms with van der Waals surface area (Å²) in [5.41, 5.74) is 2.16. The van der Waals surface area contributed by atoms with E-state index >= 15 is 0 Å². The topological polar surface area (TPSA) is 124 Å². The number of para-hydroxylation sites is 1. The molecule has 4 rings (SSSR count). The van der Waals surface area contributed by atoms with E-state index in [9.17, 15) is 13.2 Å². The maximum absolute atomic E-state index is 13.0. The van der Waals surface area contributed by atoms with E-state index in [-0.39, 0.29) is 18.0 Å². The van der Waals surface area contributed by atoms with E-state index in [1.165, 1.54) is 18.4 Å². The number of nitrogens with zero attached hydrogens (tertiary/aromatic N) is 1.